The van der Waals surface area contributed by atoms with E-state index in [-0.39, 0.29) is 0 Å². The molecule has 0 radical (unpaired) electrons. The second kappa shape index (κ2) is 5.80. The molecule has 0 bridgehead atoms. The van der Waals surface area contributed by atoms with Crippen molar-refractivity contribution in [3.8, 4) is 0 Å². The molecule has 0 aliphatic heterocycles. The number of nitrogens with zero attached hydrogens (tertiary/aromatic N) is 1. The van der Waals surface area contributed by atoms with Crippen LogP contribution in [0.2, 0.25) is 0 Å². The maximum absolute atomic E-state index is 5.70. The van der Waals surface area contributed by atoms with Gasteiger partial charge in [0.15, 0.2) is 0 Å². The zero-order valence-electron chi connectivity index (χ0n) is 9.89. The van der Waals surface area contributed by atoms with Crippen LogP contribution in [0.3, 0.4) is 0 Å². The number of hydrogen-bond donors (Lipinski definition) is 2. The minimum Gasteiger partial charge on any atom is -0.384 e. The summed E-state index contributed by atoms with van der Waals surface area (Å²) in [5.74, 6) is 0.586. The second-order valence-corrected chi connectivity index (χ2v) is 4.74. The van der Waals surface area contributed by atoms with Crippen LogP contribution in [0.5, 0.6) is 0 Å². The van der Waals surface area contributed by atoms with Gasteiger partial charge in [-0.25, -0.2) is 4.98 Å². The third kappa shape index (κ3) is 3.28. The summed E-state index contributed by atoms with van der Waals surface area (Å²) in [5.41, 5.74) is 8.25. The molecule has 1 unspecified atom stereocenters. The Morgan fingerprint density at radius 3 is 3.00 bits per heavy atom. The molecule has 0 fully saturated rings. The highest BCUT2D eigenvalue weighted by Crippen LogP contribution is 2.21. The highest BCUT2D eigenvalue weighted by Gasteiger charge is 2.11. The molecule has 0 aromatic carbocycles. The molecule has 0 saturated heterocycles. The standard InChI is InChI=1S/C13H17N3S/c1-2-15-12(11-4-6-17-9-11)7-10-3-5-16-13(14)8-10/h3-6,8-9,12,15H,2,7H2,1H3,(H2,14,16). The summed E-state index contributed by atoms with van der Waals surface area (Å²) in [5, 5.41) is 7.80. The van der Waals surface area contributed by atoms with Gasteiger partial charge in [0.25, 0.3) is 0 Å². The average Bonchev–Trinajstić information content (AvgIpc) is 2.82. The lowest BCUT2D eigenvalue weighted by molar-refractivity contribution is 0.551. The minimum atomic E-state index is 0.355. The Labute approximate surface area is 106 Å². The molecular weight excluding hydrogens is 230 g/mol. The van der Waals surface area contributed by atoms with Gasteiger partial charge in [-0.15, -0.1) is 0 Å². The summed E-state index contributed by atoms with van der Waals surface area (Å²) in [7, 11) is 0. The van der Waals surface area contributed by atoms with Crippen LogP contribution in [0.15, 0.2) is 35.2 Å². The first-order valence-corrected chi connectivity index (χ1v) is 6.69. The van der Waals surface area contributed by atoms with Crippen molar-refractivity contribution < 1.29 is 0 Å². The van der Waals surface area contributed by atoms with E-state index in [2.05, 4.69) is 34.1 Å². The number of aromatic nitrogens is 1. The summed E-state index contributed by atoms with van der Waals surface area (Å²) >= 11 is 1.73. The molecule has 3 nitrogen and oxygen atoms in total. The molecule has 3 N–H and O–H groups in total. The van der Waals surface area contributed by atoms with Crippen molar-refractivity contribution in [1.29, 1.82) is 0 Å². The van der Waals surface area contributed by atoms with Crippen LogP contribution >= 0.6 is 11.3 Å². The third-order valence-corrected chi connectivity index (χ3v) is 3.38. The Morgan fingerprint density at radius 1 is 1.47 bits per heavy atom. The van der Waals surface area contributed by atoms with Gasteiger partial charge in [0, 0.05) is 12.2 Å². The van der Waals surface area contributed by atoms with E-state index in [4.69, 9.17) is 5.73 Å². The summed E-state index contributed by atoms with van der Waals surface area (Å²) < 4.78 is 0. The first kappa shape index (κ1) is 12.1. The van der Waals surface area contributed by atoms with Crippen LogP contribution in [0.1, 0.15) is 24.1 Å². The van der Waals surface area contributed by atoms with E-state index < -0.39 is 0 Å². The highest BCUT2D eigenvalue weighted by atomic mass is 32.1. The Morgan fingerprint density at radius 2 is 2.35 bits per heavy atom. The smallest absolute Gasteiger partial charge is 0.123 e. The zero-order chi connectivity index (χ0) is 12.1. The lowest BCUT2D eigenvalue weighted by Crippen LogP contribution is -2.22. The second-order valence-electron chi connectivity index (χ2n) is 3.96. The number of nitrogen functional groups attached to an aromatic ring is 1. The molecule has 90 valence electrons. The van der Waals surface area contributed by atoms with Crippen LogP contribution in [-0.4, -0.2) is 11.5 Å². The predicted molar refractivity (Wildman–Crippen MR) is 73.1 cm³/mol. The van der Waals surface area contributed by atoms with Crippen LogP contribution < -0.4 is 11.1 Å². The molecule has 2 aromatic heterocycles. The molecule has 0 aliphatic rings. The zero-order valence-corrected chi connectivity index (χ0v) is 10.7. The molecule has 2 aromatic rings. The van der Waals surface area contributed by atoms with E-state index in [1.807, 2.05) is 12.1 Å². The fourth-order valence-corrected chi connectivity index (χ4v) is 2.60. The van der Waals surface area contributed by atoms with Gasteiger partial charge in [0.2, 0.25) is 0 Å². The van der Waals surface area contributed by atoms with E-state index >= 15 is 0 Å². The third-order valence-electron chi connectivity index (χ3n) is 2.68. The van der Waals surface area contributed by atoms with Crippen LogP contribution in [-0.2, 0) is 6.42 Å². The monoisotopic (exact) mass is 247 g/mol. The number of hydrogen-bond acceptors (Lipinski definition) is 4. The van der Waals surface area contributed by atoms with Gasteiger partial charge in [-0.1, -0.05) is 6.92 Å². The molecular formula is C13H17N3S. The number of thiophene rings is 1. The van der Waals surface area contributed by atoms with E-state index in [0.717, 1.165) is 13.0 Å². The van der Waals surface area contributed by atoms with Crippen molar-refractivity contribution in [2.45, 2.75) is 19.4 Å². The summed E-state index contributed by atoms with van der Waals surface area (Å²) in [6, 6.07) is 6.49. The van der Waals surface area contributed by atoms with Crippen molar-refractivity contribution in [3.63, 3.8) is 0 Å². The van der Waals surface area contributed by atoms with Gasteiger partial charge in [0.05, 0.1) is 0 Å². The molecule has 0 aliphatic carbocycles. The first-order chi connectivity index (χ1) is 8.29. The number of likely N-dealkylation sites (N-methyl/N-ethyl adjacent to an activating group) is 1. The van der Waals surface area contributed by atoms with E-state index in [0.29, 0.717) is 11.9 Å². The lowest BCUT2D eigenvalue weighted by atomic mass is 10.0. The molecule has 2 rings (SSSR count). The molecule has 2 heterocycles. The number of nitrogens with two attached hydrogens (primary N) is 1. The topological polar surface area (TPSA) is 50.9 Å². The van der Waals surface area contributed by atoms with Crippen molar-refractivity contribution >= 4 is 17.2 Å². The summed E-state index contributed by atoms with van der Waals surface area (Å²) in [6.07, 6.45) is 2.71. The largest absolute Gasteiger partial charge is 0.384 e. The van der Waals surface area contributed by atoms with Crippen LogP contribution in [0.4, 0.5) is 5.82 Å². The average molecular weight is 247 g/mol. The fourth-order valence-electron chi connectivity index (χ4n) is 1.88. The molecule has 0 spiro atoms. The van der Waals surface area contributed by atoms with Crippen LogP contribution in [0, 0.1) is 0 Å². The predicted octanol–water partition coefficient (Wildman–Crippen LogP) is 2.62. The van der Waals surface area contributed by atoms with Gasteiger partial charge in [-0.2, -0.15) is 11.3 Å². The summed E-state index contributed by atoms with van der Waals surface area (Å²) in [6.45, 7) is 3.08. The van der Waals surface area contributed by atoms with Gasteiger partial charge < -0.3 is 11.1 Å². The Bertz CT molecular complexity index is 453. The lowest BCUT2D eigenvalue weighted by Gasteiger charge is -2.17. The number of pyridine rings is 1. The molecule has 0 amide bonds. The van der Waals surface area contributed by atoms with E-state index in [1.165, 1.54) is 11.1 Å². The normalized spacial score (nSPS) is 12.5. The van der Waals surface area contributed by atoms with Gasteiger partial charge in [0.1, 0.15) is 5.82 Å². The number of anilines is 1. The molecule has 4 heteroatoms. The van der Waals surface area contributed by atoms with E-state index in [1.54, 1.807) is 17.5 Å². The number of rotatable bonds is 5. The quantitative estimate of drug-likeness (QED) is 0.854. The SMILES string of the molecule is CCNC(Cc1ccnc(N)c1)c1ccsc1. The maximum Gasteiger partial charge on any atom is 0.123 e. The number of nitrogens with one attached hydrogen (secondary N) is 1. The van der Waals surface area contributed by atoms with Gasteiger partial charge >= 0.3 is 0 Å². The Kier molecular flexibility index (Phi) is 4.12. The van der Waals surface area contributed by atoms with Crippen molar-refractivity contribution in [2.75, 3.05) is 12.3 Å². The van der Waals surface area contributed by atoms with Crippen LogP contribution in [0.25, 0.3) is 0 Å². The Balaban J connectivity index is 2.13. The van der Waals surface area contributed by atoms with Crippen molar-refractivity contribution in [2.24, 2.45) is 0 Å². The Hall–Kier alpha value is -1.39. The molecule has 1 atom stereocenters. The first-order valence-electron chi connectivity index (χ1n) is 5.75. The fraction of sp³-hybridized carbons (Fsp3) is 0.308. The molecule has 17 heavy (non-hydrogen) atoms. The van der Waals surface area contributed by atoms with Gasteiger partial charge in [-0.05, 0) is 53.1 Å². The van der Waals surface area contributed by atoms with Crippen molar-refractivity contribution in [1.82, 2.24) is 10.3 Å². The maximum atomic E-state index is 5.70. The van der Waals surface area contributed by atoms with Gasteiger partial charge in [-0.3, -0.25) is 0 Å². The minimum absolute atomic E-state index is 0.355. The summed E-state index contributed by atoms with van der Waals surface area (Å²) in [4.78, 5) is 4.02. The van der Waals surface area contributed by atoms with Crippen molar-refractivity contribution in [3.05, 3.63) is 46.3 Å². The highest BCUT2D eigenvalue weighted by molar-refractivity contribution is 7.07. The molecule has 0 saturated carbocycles. The van der Waals surface area contributed by atoms with E-state index in [9.17, 15) is 0 Å².